The molecule has 1 aromatic heterocycles. The van der Waals surface area contributed by atoms with Crippen molar-refractivity contribution in [2.45, 2.75) is 0 Å². The van der Waals surface area contributed by atoms with Crippen LogP contribution in [0.5, 0.6) is 0 Å². The Kier molecular flexibility index (Phi) is 2.14. The second-order valence-corrected chi connectivity index (χ2v) is 2.75. The van der Waals surface area contributed by atoms with Crippen LogP contribution in [0.1, 0.15) is 11.4 Å². The van der Waals surface area contributed by atoms with E-state index in [1.807, 2.05) is 30.3 Å². The molecule has 5 nitrogen and oxygen atoms in total. The Morgan fingerprint density at radius 1 is 0.933 bits per heavy atom. The molecule has 0 aliphatic heterocycles. The summed E-state index contributed by atoms with van der Waals surface area (Å²) in [5.74, 6) is 0. The number of benzene rings is 1. The van der Waals surface area contributed by atoms with Crippen LogP contribution in [0.3, 0.4) is 0 Å². The zero-order chi connectivity index (χ0) is 10.7. The Morgan fingerprint density at radius 2 is 1.47 bits per heavy atom. The van der Waals surface area contributed by atoms with Crippen molar-refractivity contribution in [3.05, 3.63) is 41.7 Å². The maximum atomic E-state index is 8.69. The lowest BCUT2D eigenvalue weighted by Crippen LogP contribution is -1.98. The first-order valence-corrected chi connectivity index (χ1v) is 4.18. The van der Waals surface area contributed by atoms with Gasteiger partial charge < -0.3 is 0 Å². The highest BCUT2D eigenvalue weighted by Crippen LogP contribution is 2.06. The quantitative estimate of drug-likeness (QED) is 0.680. The summed E-state index contributed by atoms with van der Waals surface area (Å²) in [6.07, 6.45) is 0. The number of hydrogen-bond acceptors (Lipinski definition) is 4. The Morgan fingerprint density at radius 3 is 1.93 bits per heavy atom. The lowest BCUT2D eigenvalue weighted by molar-refractivity contribution is 0.747. The molecule has 0 fully saturated rings. The van der Waals surface area contributed by atoms with Gasteiger partial charge in [0.2, 0.25) is 11.4 Å². The van der Waals surface area contributed by atoms with Crippen molar-refractivity contribution in [2.75, 3.05) is 0 Å². The highest BCUT2D eigenvalue weighted by molar-refractivity contribution is 5.36. The second-order valence-electron chi connectivity index (χ2n) is 2.75. The van der Waals surface area contributed by atoms with Gasteiger partial charge >= 0.3 is 0 Å². The molecule has 0 spiro atoms. The van der Waals surface area contributed by atoms with Crippen molar-refractivity contribution in [3.63, 3.8) is 0 Å². The van der Waals surface area contributed by atoms with E-state index in [9.17, 15) is 0 Å². The average molecular weight is 195 g/mol. The minimum absolute atomic E-state index is 0.0429. The number of aromatic nitrogens is 3. The third kappa shape index (κ3) is 1.54. The molecule has 1 heterocycles. The molecule has 0 N–H and O–H groups in total. The van der Waals surface area contributed by atoms with Crippen LogP contribution in [-0.4, -0.2) is 15.0 Å². The van der Waals surface area contributed by atoms with Gasteiger partial charge in [-0.05, 0) is 12.1 Å². The van der Waals surface area contributed by atoms with E-state index in [2.05, 4.69) is 10.2 Å². The molecule has 2 rings (SSSR count). The van der Waals surface area contributed by atoms with Crippen LogP contribution in [0, 0.1) is 22.7 Å². The first kappa shape index (κ1) is 8.92. The van der Waals surface area contributed by atoms with Gasteiger partial charge in [0, 0.05) is 0 Å². The van der Waals surface area contributed by atoms with E-state index in [0.29, 0.717) is 0 Å². The summed E-state index contributed by atoms with van der Waals surface area (Å²) in [6, 6.07) is 12.8. The van der Waals surface area contributed by atoms with Crippen LogP contribution in [0.25, 0.3) is 5.69 Å². The summed E-state index contributed by atoms with van der Waals surface area (Å²) in [5.41, 5.74) is 0.804. The number of para-hydroxylation sites is 1. The van der Waals surface area contributed by atoms with Gasteiger partial charge in [0.05, 0.1) is 5.69 Å². The number of nitrogens with zero attached hydrogens (tertiary/aromatic N) is 5. The maximum absolute atomic E-state index is 8.69. The zero-order valence-electron chi connectivity index (χ0n) is 7.62. The monoisotopic (exact) mass is 195 g/mol. The molecule has 0 amide bonds. The minimum atomic E-state index is 0.0429. The second kappa shape index (κ2) is 3.60. The average Bonchev–Trinajstić information content (AvgIpc) is 2.73. The summed E-state index contributed by atoms with van der Waals surface area (Å²) >= 11 is 0. The first-order valence-electron chi connectivity index (χ1n) is 4.18. The van der Waals surface area contributed by atoms with Crippen LogP contribution in [0.2, 0.25) is 0 Å². The smallest absolute Gasteiger partial charge is 0.191 e. The molecule has 0 saturated carbocycles. The standard InChI is InChI=1S/C10H5N5/c11-6-9-10(7-12)14-15(13-9)8-4-2-1-3-5-8/h1-5H. The fourth-order valence-corrected chi connectivity index (χ4v) is 1.13. The fourth-order valence-electron chi connectivity index (χ4n) is 1.13. The number of rotatable bonds is 1. The molecule has 0 bridgehead atoms. The van der Waals surface area contributed by atoms with Gasteiger partial charge in [-0.25, -0.2) is 0 Å². The third-order valence-corrected chi connectivity index (χ3v) is 1.81. The summed E-state index contributed by atoms with van der Waals surface area (Å²) in [4.78, 5) is 1.27. The van der Waals surface area contributed by atoms with Crippen LogP contribution < -0.4 is 0 Å². The molecule has 0 aliphatic carbocycles. The Balaban J connectivity index is 2.54. The predicted octanol–water partition coefficient (Wildman–Crippen LogP) is 1.01. The van der Waals surface area contributed by atoms with Crippen molar-refractivity contribution in [1.82, 2.24) is 15.0 Å². The summed E-state index contributed by atoms with van der Waals surface area (Å²) in [7, 11) is 0. The van der Waals surface area contributed by atoms with Crippen LogP contribution >= 0.6 is 0 Å². The Bertz CT molecular complexity index is 524. The van der Waals surface area contributed by atoms with E-state index < -0.39 is 0 Å². The van der Waals surface area contributed by atoms with Gasteiger partial charge in [0.1, 0.15) is 12.1 Å². The SMILES string of the molecule is N#Cc1nn(-c2ccccc2)nc1C#N. The molecular formula is C10H5N5. The van der Waals surface area contributed by atoms with Gasteiger partial charge in [-0.1, -0.05) is 18.2 Å². The molecule has 0 unspecified atom stereocenters. The third-order valence-electron chi connectivity index (χ3n) is 1.81. The van der Waals surface area contributed by atoms with Crippen molar-refractivity contribution in [2.24, 2.45) is 0 Å². The highest BCUT2D eigenvalue weighted by atomic mass is 15.5. The van der Waals surface area contributed by atoms with E-state index in [1.165, 1.54) is 4.80 Å². The highest BCUT2D eigenvalue weighted by Gasteiger charge is 2.10. The van der Waals surface area contributed by atoms with E-state index in [-0.39, 0.29) is 11.4 Å². The Labute approximate surface area is 85.8 Å². The molecule has 1 aromatic carbocycles. The molecule has 0 saturated heterocycles. The lowest BCUT2D eigenvalue weighted by Gasteiger charge is -1.95. The molecule has 0 radical (unpaired) electrons. The minimum Gasteiger partial charge on any atom is -0.191 e. The van der Waals surface area contributed by atoms with Gasteiger partial charge in [0.15, 0.2) is 0 Å². The molecule has 5 heteroatoms. The molecule has 0 aliphatic rings. The zero-order valence-corrected chi connectivity index (χ0v) is 7.62. The molecule has 2 aromatic rings. The maximum Gasteiger partial charge on any atom is 0.201 e. The topological polar surface area (TPSA) is 78.3 Å². The molecule has 70 valence electrons. The lowest BCUT2D eigenvalue weighted by atomic mass is 10.3. The summed E-state index contributed by atoms with van der Waals surface area (Å²) < 4.78 is 0. The van der Waals surface area contributed by atoms with Gasteiger partial charge in [-0.2, -0.15) is 10.5 Å². The van der Waals surface area contributed by atoms with Crippen LogP contribution in [0.15, 0.2) is 30.3 Å². The predicted molar refractivity (Wildman–Crippen MR) is 50.8 cm³/mol. The normalized spacial score (nSPS) is 9.20. The van der Waals surface area contributed by atoms with Crippen molar-refractivity contribution in [1.29, 1.82) is 10.5 Å². The van der Waals surface area contributed by atoms with Crippen LogP contribution in [0.4, 0.5) is 0 Å². The number of nitriles is 2. The van der Waals surface area contributed by atoms with E-state index >= 15 is 0 Å². The largest absolute Gasteiger partial charge is 0.201 e. The van der Waals surface area contributed by atoms with Gasteiger partial charge in [-0.15, -0.1) is 15.0 Å². The van der Waals surface area contributed by atoms with E-state index in [1.54, 1.807) is 12.1 Å². The molecule has 15 heavy (non-hydrogen) atoms. The molecular weight excluding hydrogens is 190 g/mol. The number of hydrogen-bond donors (Lipinski definition) is 0. The summed E-state index contributed by atoms with van der Waals surface area (Å²) in [6.45, 7) is 0. The van der Waals surface area contributed by atoms with Crippen molar-refractivity contribution in [3.8, 4) is 17.8 Å². The Hall–Kier alpha value is -2.66. The van der Waals surface area contributed by atoms with E-state index in [0.717, 1.165) is 5.69 Å². The van der Waals surface area contributed by atoms with Gasteiger partial charge in [-0.3, -0.25) is 0 Å². The van der Waals surface area contributed by atoms with Crippen molar-refractivity contribution >= 4 is 0 Å². The van der Waals surface area contributed by atoms with Crippen molar-refractivity contribution < 1.29 is 0 Å². The first-order chi connectivity index (χ1) is 7.35. The van der Waals surface area contributed by atoms with Gasteiger partial charge in [0.25, 0.3) is 0 Å². The van der Waals surface area contributed by atoms with Crippen LogP contribution in [-0.2, 0) is 0 Å². The fraction of sp³-hybridized carbons (Fsp3) is 0. The summed E-state index contributed by atoms with van der Waals surface area (Å²) in [5, 5.41) is 25.2. The molecule has 0 atom stereocenters. The van der Waals surface area contributed by atoms with E-state index in [4.69, 9.17) is 10.5 Å².